The smallest absolute Gasteiger partial charge is 0.252 e. The number of thiophene rings is 1. The lowest BCUT2D eigenvalue weighted by atomic mass is 10.2. The van der Waals surface area contributed by atoms with Gasteiger partial charge in [-0.1, -0.05) is 18.2 Å². The average Bonchev–Trinajstić information content (AvgIpc) is 3.12. The molecule has 0 aliphatic rings. The predicted molar refractivity (Wildman–Crippen MR) is 97.5 cm³/mol. The Morgan fingerprint density at radius 2 is 2.00 bits per heavy atom. The molecule has 7 heteroatoms. The predicted octanol–water partition coefficient (Wildman–Crippen LogP) is 2.53. The van der Waals surface area contributed by atoms with Gasteiger partial charge in [0.05, 0.1) is 24.5 Å². The van der Waals surface area contributed by atoms with Crippen LogP contribution in [0.25, 0.3) is 0 Å². The molecule has 0 saturated carbocycles. The van der Waals surface area contributed by atoms with Crippen molar-refractivity contribution < 1.29 is 14.3 Å². The minimum Gasteiger partial charge on any atom is -0.383 e. The molecule has 0 spiro atoms. The third-order valence-corrected chi connectivity index (χ3v) is 5.07. The van der Waals surface area contributed by atoms with Crippen LogP contribution in [-0.4, -0.2) is 37.8 Å². The van der Waals surface area contributed by atoms with Gasteiger partial charge in [-0.15, -0.1) is 23.1 Å². The largest absolute Gasteiger partial charge is 0.383 e. The number of rotatable bonds is 9. The van der Waals surface area contributed by atoms with Crippen LogP contribution < -0.4 is 10.6 Å². The van der Waals surface area contributed by atoms with Gasteiger partial charge >= 0.3 is 0 Å². The fourth-order valence-electron chi connectivity index (χ4n) is 1.94. The van der Waals surface area contributed by atoms with Crippen LogP contribution >= 0.6 is 23.1 Å². The van der Waals surface area contributed by atoms with E-state index in [1.54, 1.807) is 24.5 Å². The van der Waals surface area contributed by atoms with Crippen molar-refractivity contribution in [3.8, 4) is 0 Å². The van der Waals surface area contributed by atoms with E-state index >= 15 is 0 Å². The Bertz CT molecular complexity index is 660. The number of benzene rings is 1. The van der Waals surface area contributed by atoms with E-state index in [-0.39, 0.29) is 17.6 Å². The van der Waals surface area contributed by atoms with Crippen molar-refractivity contribution in [2.45, 2.75) is 11.4 Å². The zero-order valence-electron chi connectivity index (χ0n) is 13.4. The first kappa shape index (κ1) is 18.5. The van der Waals surface area contributed by atoms with Crippen LogP contribution in [0, 0.1) is 0 Å². The third kappa shape index (κ3) is 5.99. The monoisotopic (exact) mass is 364 g/mol. The molecular formula is C17H20N2O3S2. The molecule has 0 unspecified atom stereocenters. The molecule has 0 radical (unpaired) electrons. The quantitative estimate of drug-likeness (QED) is 0.530. The molecule has 0 aliphatic heterocycles. The van der Waals surface area contributed by atoms with Gasteiger partial charge in [-0.25, -0.2) is 0 Å². The van der Waals surface area contributed by atoms with E-state index in [0.29, 0.717) is 25.3 Å². The number of methoxy groups -OCH3 is 1. The van der Waals surface area contributed by atoms with Gasteiger partial charge in [0.15, 0.2) is 0 Å². The van der Waals surface area contributed by atoms with Gasteiger partial charge < -0.3 is 15.4 Å². The molecular weight excluding hydrogens is 344 g/mol. The van der Waals surface area contributed by atoms with Crippen LogP contribution in [0.4, 0.5) is 0 Å². The summed E-state index contributed by atoms with van der Waals surface area (Å²) in [6, 6.07) is 11.3. The first-order valence-electron chi connectivity index (χ1n) is 7.48. The Morgan fingerprint density at radius 3 is 2.75 bits per heavy atom. The summed E-state index contributed by atoms with van der Waals surface area (Å²) in [5.74, 6) is 0.0518. The summed E-state index contributed by atoms with van der Waals surface area (Å²) in [5, 5.41) is 7.65. The Morgan fingerprint density at radius 1 is 1.17 bits per heavy atom. The highest BCUT2D eigenvalue weighted by Gasteiger charge is 2.12. The number of amides is 2. The summed E-state index contributed by atoms with van der Waals surface area (Å²) in [4.78, 5) is 26.0. The van der Waals surface area contributed by atoms with Gasteiger partial charge in [0.2, 0.25) is 5.91 Å². The van der Waals surface area contributed by atoms with Crippen molar-refractivity contribution in [2.24, 2.45) is 0 Å². The fraction of sp³-hybridized carbons (Fsp3) is 0.294. The maximum Gasteiger partial charge on any atom is 0.252 e. The molecule has 24 heavy (non-hydrogen) atoms. The van der Waals surface area contributed by atoms with Crippen LogP contribution in [0.3, 0.4) is 0 Å². The van der Waals surface area contributed by atoms with Crippen molar-refractivity contribution >= 4 is 34.9 Å². The molecule has 2 amide bonds. The minimum atomic E-state index is -0.133. The Kier molecular flexibility index (Phi) is 7.81. The molecule has 0 bridgehead atoms. The lowest BCUT2D eigenvalue weighted by Crippen LogP contribution is -2.28. The second-order valence-corrected chi connectivity index (χ2v) is 6.94. The van der Waals surface area contributed by atoms with Gasteiger partial charge in [-0.2, -0.15) is 0 Å². The highest BCUT2D eigenvalue weighted by Crippen LogP contribution is 2.22. The molecule has 2 aromatic rings. The number of nitrogens with one attached hydrogen (secondary N) is 2. The molecule has 0 atom stereocenters. The Hall–Kier alpha value is -1.83. The molecule has 1 aromatic heterocycles. The first-order valence-corrected chi connectivity index (χ1v) is 9.35. The SMILES string of the molecule is COCCNC(=O)CSc1ccccc1C(=O)NCc1cccs1. The highest BCUT2D eigenvalue weighted by atomic mass is 32.2. The van der Waals surface area contributed by atoms with Gasteiger partial charge in [-0.3, -0.25) is 9.59 Å². The summed E-state index contributed by atoms with van der Waals surface area (Å²) < 4.78 is 4.89. The number of ether oxygens (including phenoxy) is 1. The second kappa shape index (κ2) is 10.1. The van der Waals surface area contributed by atoms with E-state index in [1.807, 2.05) is 35.7 Å². The van der Waals surface area contributed by atoms with E-state index in [9.17, 15) is 9.59 Å². The normalized spacial score (nSPS) is 10.4. The maximum atomic E-state index is 12.4. The maximum absolute atomic E-state index is 12.4. The van der Waals surface area contributed by atoms with E-state index in [4.69, 9.17) is 4.74 Å². The van der Waals surface area contributed by atoms with Crippen LogP contribution in [0.1, 0.15) is 15.2 Å². The lowest BCUT2D eigenvalue weighted by molar-refractivity contribution is -0.118. The molecule has 2 N–H and O–H groups in total. The van der Waals surface area contributed by atoms with E-state index in [1.165, 1.54) is 11.8 Å². The van der Waals surface area contributed by atoms with Gasteiger partial charge in [0.25, 0.3) is 5.91 Å². The first-order chi connectivity index (χ1) is 11.7. The van der Waals surface area contributed by atoms with Crippen molar-refractivity contribution in [3.63, 3.8) is 0 Å². The molecule has 0 fully saturated rings. The number of thioether (sulfide) groups is 1. The topological polar surface area (TPSA) is 67.4 Å². The summed E-state index contributed by atoms with van der Waals surface area (Å²) in [6.07, 6.45) is 0. The summed E-state index contributed by atoms with van der Waals surface area (Å²) in [7, 11) is 1.59. The molecule has 2 rings (SSSR count). The molecule has 128 valence electrons. The molecule has 0 aliphatic carbocycles. The van der Waals surface area contributed by atoms with Crippen molar-refractivity contribution in [2.75, 3.05) is 26.0 Å². The Labute approximate surface area is 149 Å². The van der Waals surface area contributed by atoms with Crippen molar-refractivity contribution in [1.82, 2.24) is 10.6 Å². The van der Waals surface area contributed by atoms with Gasteiger partial charge in [-0.05, 0) is 23.6 Å². The average molecular weight is 364 g/mol. The van der Waals surface area contributed by atoms with Gasteiger partial charge in [0, 0.05) is 23.4 Å². The van der Waals surface area contributed by atoms with Gasteiger partial charge in [0.1, 0.15) is 0 Å². The molecule has 0 saturated heterocycles. The standard InChI is InChI=1S/C17H20N2O3S2/c1-22-9-8-18-16(20)12-24-15-7-3-2-6-14(15)17(21)19-11-13-5-4-10-23-13/h2-7,10H,8-9,11-12H2,1H3,(H,18,20)(H,19,21). The Balaban J connectivity index is 1.89. The van der Waals surface area contributed by atoms with Crippen molar-refractivity contribution in [1.29, 1.82) is 0 Å². The zero-order valence-corrected chi connectivity index (χ0v) is 15.0. The number of carbonyl (C=O) groups excluding carboxylic acids is 2. The highest BCUT2D eigenvalue weighted by molar-refractivity contribution is 8.00. The van der Waals surface area contributed by atoms with Crippen molar-refractivity contribution in [3.05, 3.63) is 52.2 Å². The lowest BCUT2D eigenvalue weighted by Gasteiger charge is -2.09. The van der Waals surface area contributed by atoms with Crippen LogP contribution in [0.2, 0.25) is 0 Å². The molecule has 5 nitrogen and oxygen atoms in total. The summed E-state index contributed by atoms with van der Waals surface area (Å²) in [6.45, 7) is 1.48. The van der Waals surface area contributed by atoms with E-state index < -0.39 is 0 Å². The van der Waals surface area contributed by atoms with E-state index in [2.05, 4.69) is 10.6 Å². The minimum absolute atomic E-state index is 0.0779. The molecule has 1 aromatic carbocycles. The number of hydrogen-bond donors (Lipinski definition) is 2. The molecule has 1 heterocycles. The van der Waals surface area contributed by atoms with E-state index in [0.717, 1.165) is 9.77 Å². The van der Waals surface area contributed by atoms with Crippen LogP contribution in [-0.2, 0) is 16.1 Å². The second-order valence-electron chi connectivity index (χ2n) is 4.89. The number of carbonyl (C=O) groups is 2. The third-order valence-electron chi connectivity index (χ3n) is 3.12. The zero-order chi connectivity index (χ0) is 17.2. The summed E-state index contributed by atoms with van der Waals surface area (Å²) >= 11 is 2.96. The van der Waals surface area contributed by atoms with Crippen LogP contribution in [0.5, 0.6) is 0 Å². The number of hydrogen-bond acceptors (Lipinski definition) is 5. The fourth-order valence-corrected chi connectivity index (χ4v) is 3.47. The summed E-state index contributed by atoms with van der Waals surface area (Å²) in [5.41, 5.74) is 0.587. The van der Waals surface area contributed by atoms with Crippen LogP contribution in [0.15, 0.2) is 46.7 Å².